The Hall–Kier alpha value is -3.95. The number of imidazole rings is 1. The number of anilines is 1. The molecular weight excluding hydrogens is 474 g/mol. The third kappa shape index (κ3) is 5.17. The van der Waals surface area contributed by atoms with E-state index in [9.17, 15) is 22.4 Å². The lowest BCUT2D eigenvalue weighted by Crippen LogP contribution is -2.26. The number of nitrogens with one attached hydrogen (secondary N) is 2. The third-order valence-corrected chi connectivity index (χ3v) is 6.01. The fourth-order valence-electron chi connectivity index (χ4n) is 3.96. The van der Waals surface area contributed by atoms with Gasteiger partial charge in [0.2, 0.25) is 0 Å². The topological polar surface area (TPSA) is 71.3 Å². The second-order valence-corrected chi connectivity index (χ2v) is 8.90. The lowest BCUT2D eigenvalue weighted by atomic mass is 10.0. The molecule has 5 rings (SSSR count). The van der Waals surface area contributed by atoms with Crippen LogP contribution < -0.4 is 10.6 Å². The maximum absolute atomic E-state index is 13.5. The Balaban J connectivity index is 1.55. The number of carbonyl (C=O) groups is 1. The largest absolute Gasteiger partial charge is 0.390 e. The van der Waals surface area contributed by atoms with Crippen LogP contribution in [0.4, 0.5) is 23.2 Å². The van der Waals surface area contributed by atoms with E-state index in [0.717, 1.165) is 24.0 Å². The molecular formula is C26H23F4N5O. The lowest BCUT2D eigenvalue weighted by Gasteiger charge is -2.13. The first kappa shape index (κ1) is 23.8. The molecule has 0 saturated heterocycles. The number of alkyl halides is 3. The van der Waals surface area contributed by atoms with Crippen LogP contribution in [0, 0.1) is 12.7 Å². The normalized spacial score (nSPS) is 13.7. The Morgan fingerprint density at radius 2 is 1.81 bits per heavy atom. The predicted molar refractivity (Wildman–Crippen MR) is 128 cm³/mol. The molecule has 0 unspecified atom stereocenters. The van der Waals surface area contributed by atoms with E-state index in [-0.39, 0.29) is 18.5 Å². The van der Waals surface area contributed by atoms with Crippen molar-refractivity contribution in [3.05, 3.63) is 71.7 Å². The van der Waals surface area contributed by atoms with Crippen LogP contribution >= 0.6 is 0 Å². The minimum Gasteiger partial charge on any atom is -0.382 e. The number of aromatic nitrogens is 3. The smallest absolute Gasteiger partial charge is 0.382 e. The Morgan fingerprint density at radius 1 is 1.08 bits per heavy atom. The van der Waals surface area contributed by atoms with Gasteiger partial charge >= 0.3 is 6.18 Å². The zero-order chi connectivity index (χ0) is 25.4. The van der Waals surface area contributed by atoms with Gasteiger partial charge in [-0.3, -0.25) is 4.79 Å². The van der Waals surface area contributed by atoms with Gasteiger partial charge in [-0.05, 0) is 67.8 Å². The molecule has 2 aromatic heterocycles. The Bertz CT molecular complexity index is 1430. The standard InChI is InChI=1S/C26H23F4N5O/c1-15-12-17(4-9-20(15)25(36)33-19-7-8-19)23-14-32-24-22(31-11-10-26(28,29)30)13-21(34-35(23)24)16-2-5-18(27)6-3-16/h2-6,9,12-14,19,31H,7-8,10-11H2,1H3,(H,33,36). The van der Waals surface area contributed by atoms with E-state index in [2.05, 4.69) is 20.7 Å². The van der Waals surface area contributed by atoms with Gasteiger partial charge in [-0.1, -0.05) is 6.07 Å². The van der Waals surface area contributed by atoms with Gasteiger partial charge in [-0.15, -0.1) is 0 Å². The van der Waals surface area contributed by atoms with Gasteiger partial charge in [0.15, 0.2) is 5.65 Å². The molecule has 2 N–H and O–H groups in total. The number of carbonyl (C=O) groups excluding carboxylic acids is 1. The van der Waals surface area contributed by atoms with E-state index in [1.54, 1.807) is 41.0 Å². The van der Waals surface area contributed by atoms with Gasteiger partial charge in [0, 0.05) is 29.3 Å². The number of benzene rings is 2. The molecule has 0 atom stereocenters. The Kier molecular flexibility index (Phi) is 6.11. The van der Waals surface area contributed by atoms with Crippen molar-refractivity contribution in [2.75, 3.05) is 11.9 Å². The number of aryl methyl sites for hydroxylation is 1. The van der Waals surface area contributed by atoms with E-state index in [0.29, 0.717) is 33.8 Å². The van der Waals surface area contributed by atoms with E-state index < -0.39 is 18.4 Å². The van der Waals surface area contributed by atoms with Crippen molar-refractivity contribution in [3.63, 3.8) is 0 Å². The van der Waals surface area contributed by atoms with Crippen molar-refractivity contribution < 1.29 is 22.4 Å². The zero-order valence-corrected chi connectivity index (χ0v) is 19.4. The second kappa shape index (κ2) is 9.25. The van der Waals surface area contributed by atoms with Gasteiger partial charge in [0.1, 0.15) is 5.82 Å². The van der Waals surface area contributed by atoms with Crippen molar-refractivity contribution in [3.8, 4) is 22.5 Å². The molecule has 2 heterocycles. The highest BCUT2D eigenvalue weighted by Gasteiger charge is 2.27. The molecule has 1 amide bonds. The molecule has 36 heavy (non-hydrogen) atoms. The molecule has 1 aliphatic carbocycles. The average molecular weight is 497 g/mol. The number of amides is 1. The van der Waals surface area contributed by atoms with Gasteiger partial charge in [0.05, 0.1) is 29.7 Å². The van der Waals surface area contributed by atoms with Crippen LogP contribution in [0.2, 0.25) is 0 Å². The summed E-state index contributed by atoms with van der Waals surface area (Å²) in [6, 6.07) is 12.9. The Labute approximate surface area is 204 Å². The molecule has 2 aromatic carbocycles. The number of hydrogen-bond acceptors (Lipinski definition) is 4. The van der Waals surface area contributed by atoms with Crippen molar-refractivity contribution in [1.29, 1.82) is 0 Å². The van der Waals surface area contributed by atoms with Crippen molar-refractivity contribution in [2.24, 2.45) is 0 Å². The monoisotopic (exact) mass is 497 g/mol. The summed E-state index contributed by atoms with van der Waals surface area (Å²) in [5, 5.41) is 10.5. The van der Waals surface area contributed by atoms with Crippen LogP contribution in [0.15, 0.2) is 54.7 Å². The van der Waals surface area contributed by atoms with Crippen LogP contribution in [0.25, 0.3) is 28.2 Å². The summed E-state index contributed by atoms with van der Waals surface area (Å²) in [7, 11) is 0. The highest BCUT2D eigenvalue weighted by molar-refractivity contribution is 5.96. The number of halogens is 4. The predicted octanol–water partition coefficient (Wildman–Crippen LogP) is 5.77. The molecule has 6 nitrogen and oxygen atoms in total. The molecule has 0 aliphatic heterocycles. The molecule has 1 aliphatic rings. The second-order valence-electron chi connectivity index (χ2n) is 8.90. The van der Waals surface area contributed by atoms with Gasteiger partial charge < -0.3 is 10.6 Å². The molecule has 0 radical (unpaired) electrons. The van der Waals surface area contributed by atoms with Gasteiger partial charge in [-0.2, -0.15) is 18.3 Å². The molecule has 0 bridgehead atoms. The first-order chi connectivity index (χ1) is 17.2. The summed E-state index contributed by atoms with van der Waals surface area (Å²) in [5.74, 6) is -0.527. The highest BCUT2D eigenvalue weighted by Crippen LogP contribution is 2.30. The quantitative estimate of drug-likeness (QED) is 0.318. The SMILES string of the molecule is Cc1cc(-c2cnc3c(NCCC(F)(F)F)cc(-c4ccc(F)cc4)nn23)ccc1C(=O)NC1CC1. The van der Waals surface area contributed by atoms with Crippen LogP contribution in [-0.2, 0) is 0 Å². The van der Waals surface area contributed by atoms with Crippen LogP contribution in [-0.4, -0.2) is 39.3 Å². The number of rotatable bonds is 7. The average Bonchev–Trinajstić information content (AvgIpc) is 3.53. The minimum atomic E-state index is -4.30. The van der Waals surface area contributed by atoms with Gasteiger partial charge in [0.25, 0.3) is 5.91 Å². The number of hydrogen-bond donors (Lipinski definition) is 2. The molecule has 4 aromatic rings. The highest BCUT2D eigenvalue weighted by atomic mass is 19.4. The Morgan fingerprint density at radius 3 is 2.47 bits per heavy atom. The van der Waals surface area contributed by atoms with Crippen LogP contribution in [0.3, 0.4) is 0 Å². The summed E-state index contributed by atoms with van der Waals surface area (Å²) < 4.78 is 53.2. The van der Waals surface area contributed by atoms with Crippen LogP contribution in [0.1, 0.15) is 35.2 Å². The van der Waals surface area contributed by atoms with Gasteiger partial charge in [-0.25, -0.2) is 13.9 Å². The van der Waals surface area contributed by atoms with E-state index >= 15 is 0 Å². The fraction of sp³-hybridized carbons (Fsp3) is 0.269. The minimum absolute atomic E-state index is 0.118. The maximum atomic E-state index is 13.5. The molecule has 1 fully saturated rings. The van der Waals surface area contributed by atoms with Crippen molar-refractivity contribution >= 4 is 17.2 Å². The van der Waals surface area contributed by atoms with Crippen molar-refractivity contribution in [1.82, 2.24) is 19.9 Å². The molecule has 186 valence electrons. The van der Waals surface area contributed by atoms with E-state index in [1.165, 1.54) is 12.1 Å². The van der Waals surface area contributed by atoms with E-state index in [1.807, 2.05) is 13.0 Å². The number of fused-ring (bicyclic) bond motifs is 1. The summed E-state index contributed by atoms with van der Waals surface area (Å²) in [4.78, 5) is 16.9. The molecule has 1 saturated carbocycles. The summed E-state index contributed by atoms with van der Waals surface area (Å²) in [6.07, 6.45) is -1.74. The number of nitrogens with zero attached hydrogens (tertiary/aromatic N) is 3. The first-order valence-corrected chi connectivity index (χ1v) is 11.6. The van der Waals surface area contributed by atoms with Crippen LogP contribution in [0.5, 0.6) is 0 Å². The molecule has 0 spiro atoms. The summed E-state index contributed by atoms with van der Waals surface area (Å²) in [5.41, 5.74) is 4.46. The maximum Gasteiger partial charge on any atom is 0.390 e. The first-order valence-electron chi connectivity index (χ1n) is 11.6. The fourth-order valence-corrected chi connectivity index (χ4v) is 3.96. The third-order valence-electron chi connectivity index (χ3n) is 6.01. The van der Waals surface area contributed by atoms with Crippen molar-refractivity contribution in [2.45, 2.75) is 38.4 Å². The summed E-state index contributed by atoms with van der Waals surface area (Å²) in [6.45, 7) is 1.51. The molecule has 10 heteroatoms. The lowest BCUT2D eigenvalue weighted by molar-refractivity contribution is -0.131. The van der Waals surface area contributed by atoms with E-state index in [4.69, 9.17) is 0 Å². The zero-order valence-electron chi connectivity index (χ0n) is 19.4. The summed E-state index contributed by atoms with van der Waals surface area (Å²) >= 11 is 0.